The van der Waals surface area contributed by atoms with Gasteiger partial charge in [0.2, 0.25) is 15.9 Å². The Morgan fingerprint density at radius 1 is 1.10 bits per heavy atom. The zero-order valence-electron chi connectivity index (χ0n) is 17.4. The first-order valence-electron chi connectivity index (χ1n) is 10.7. The van der Waals surface area contributed by atoms with Gasteiger partial charge >= 0.3 is 0 Å². The van der Waals surface area contributed by atoms with Crippen molar-refractivity contribution in [1.29, 1.82) is 0 Å². The van der Waals surface area contributed by atoms with Crippen molar-refractivity contribution in [3.05, 3.63) is 64.7 Å². The Morgan fingerprint density at radius 3 is 2.73 bits per heavy atom. The van der Waals surface area contributed by atoms with Gasteiger partial charge in [-0.05, 0) is 60.9 Å². The number of fused-ring (bicyclic) bond motifs is 2. The van der Waals surface area contributed by atoms with Gasteiger partial charge in [0, 0.05) is 18.8 Å². The fourth-order valence-electron chi connectivity index (χ4n) is 4.49. The molecule has 0 aromatic heterocycles. The van der Waals surface area contributed by atoms with Crippen LogP contribution in [0.15, 0.2) is 42.5 Å². The monoisotopic (exact) mass is 427 g/mol. The lowest BCUT2D eigenvalue weighted by Crippen LogP contribution is -2.37. The first-order chi connectivity index (χ1) is 14.5. The Balaban J connectivity index is 1.40. The fraction of sp³-hybridized carbons (Fsp3) is 0.435. The molecular weight excluding hydrogens is 398 g/mol. The predicted octanol–water partition coefficient (Wildman–Crippen LogP) is 3.00. The van der Waals surface area contributed by atoms with Crippen LogP contribution in [0.2, 0.25) is 0 Å². The van der Waals surface area contributed by atoms with Crippen molar-refractivity contribution < 1.29 is 13.2 Å². The van der Waals surface area contributed by atoms with E-state index in [1.165, 1.54) is 11.1 Å². The van der Waals surface area contributed by atoms with E-state index in [0.717, 1.165) is 36.1 Å². The number of nitrogens with one attached hydrogen (secondary N) is 2. The molecule has 6 nitrogen and oxygen atoms in total. The topological polar surface area (TPSA) is 78.5 Å². The van der Waals surface area contributed by atoms with Crippen molar-refractivity contribution in [2.24, 2.45) is 0 Å². The smallest absolute Gasteiger partial charge is 0.239 e. The molecule has 1 aliphatic heterocycles. The summed E-state index contributed by atoms with van der Waals surface area (Å²) in [7, 11) is -3.19. The minimum Gasteiger partial charge on any atom is -0.376 e. The first kappa shape index (κ1) is 20.9. The van der Waals surface area contributed by atoms with Gasteiger partial charge in [-0.25, -0.2) is 8.42 Å². The second kappa shape index (κ2) is 8.78. The minimum atomic E-state index is -3.19. The average Bonchev–Trinajstić information content (AvgIpc) is 2.77. The van der Waals surface area contributed by atoms with Crippen molar-refractivity contribution in [1.82, 2.24) is 9.62 Å². The molecule has 1 amide bonds. The van der Waals surface area contributed by atoms with Crippen LogP contribution in [0.4, 0.5) is 5.69 Å². The Morgan fingerprint density at radius 2 is 1.90 bits per heavy atom. The lowest BCUT2D eigenvalue weighted by molar-refractivity contribution is -0.120. The number of hydrogen-bond donors (Lipinski definition) is 2. The molecule has 0 saturated heterocycles. The van der Waals surface area contributed by atoms with Crippen LogP contribution < -0.4 is 10.6 Å². The third kappa shape index (κ3) is 4.37. The van der Waals surface area contributed by atoms with Gasteiger partial charge in [-0.15, -0.1) is 0 Å². The van der Waals surface area contributed by atoms with Crippen LogP contribution in [0.5, 0.6) is 0 Å². The number of aryl methyl sites for hydroxylation is 1. The Kier molecular flexibility index (Phi) is 6.11. The summed E-state index contributed by atoms with van der Waals surface area (Å²) in [6.07, 6.45) is 3.76. The Labute approximate surface area is 178 Å². The molecule has 30 heavy (non-hydrogen) atoms. The van der Waals surface area contributed by atoms with Gasteiger partial charge in [-0.3, -0.25) is 4.79 Å². The van der Waals surface area contributed by atoms with E-state index in [-0.39, 0.29) is 24.2 Å². The fourth-order valence-corrected chi connectivity index (χ4v) is 5.56. The van der Waals surface area contributed by atoms with Crippen molar-refractivity contribution >= 4 is 21.6 Å². The molecule has 1 atom stereocenters. The molecular formula is C23H29N3O3S. The lowest BCUT2D eigenvalue weighted by Gasteiger charge is -2.29. The number of benzene rings is 2. The molecule has 160 valence electrons. The van der Waals surface area contributed by atoms with Crippen LogP contribution in [0.1, 0.15) is 48.1 Å². The number of nitrogens with zero attached hydrogens (tertiary/aromatic N) is 1. The maximum atomic E-state index is 12.6. The minimum absolute atomic E-state index is 0.0275. The van der Waals surface area contributed by atoms with E-state index in [1.807, 2.05) is 24.3 Å². The van der Waals surface area contributed by atoms with Gasteiger partial charge < -0.3 is 10.6 Å². The van der Waals surface area contributed by atoms with Gasteiger partial charge in [-0.1, -0.05) is 36.4 Å². The third-order valence-corrected chi connectivity index (χ3v) is 7.96. The van der Waals surface area contributed by atoms with E-state index in [4.69, 9.17) is 0 Å². The molecule has 1 heterocycles. The van der Waals surface area contributed by atoms with Crippen LogP contribution in [0, 0.1) is 0 Å². The highest BCUT2D eigenvalue weighted by Gasteiger charge is 2.26. The van der Waals surface area contributed by atoms with Crippen LogP contribution in [0.3, 0.4) is 0 Å². The molecule has 4 rings (SSSR count). The van der Waals surface area contributed by atoms with E-state index in [0.29, 0.717) is 19.5 Å². The first-order valence-corrected chi connectivity index (χ1v) is 12.3. The van der Waals surface area contributed by atoms with E-state index in [2.05, 4.69) is 28.8 Å². The summed E-state index contributed by atoms with van der Waals surface area (Å²) in [5, 5.41) is 6.44. The number of anilines is 1. The van der Waals surface area contributed by atoms with Crippen LogP contribution in [0.25, 0.3) is 0 Å². The Hall–Kier alpha value is -2.38. The molecule has 0 bridgehead atoms. The van der Waals surface area contributed by atoms with Gasteiger partial charge in [-0.2, -0.15) is 4.31 Å². The van der Waals surface area contributed by atoms with Gasteiger partial charge in [0.25, 0.3) is 0 Å². The number of carbonyl (C=O) groups excluding carboxylic acids is 1. The summed E-state index contributed by atoms with van der Waals surface area (Å²) >= 11 is 0. The summed E-state index contributed by atoms with van der Waals surface area (Å²) in [5.74, 6) is 0.0883. The summed E-state index contributed by atoms with van der Waals surface area (Å²) in [4.78, 5) is 12.6. The largest absolute Gasteiger partial charge is 0.376 e. The Bertz CT molecular complexity index is 1040. The number of carbonyl (C=O) groups is 1. The molecule has 7 heteroatoms. The van der Waals surface area contributed by atoms with Crippen molar-refractivity contribution in [3.8, 4) is 0 Å². The summed E-state index contributed by atoms with van der Waals surface area (Å²) < 4.78 is 25.9. The highest BCUT2D eigenvalue weighted by Crippen LogP contribution is 2.30. The van der Waals surface area contributed by atoms with E-state index >= 15 is 0 Å². The maximum Gasteiger partial charge on any atom is 0.239 e. The number of sulfonamides is 1. The normalized spacial score (nSPS) is 18.9. The highest BCUT2D eigenvalue weighted by atomic mass is 32.2. The quantitative estimate of drug-likeness (QED) is 0.743. The molecule has 1 unspecified atom stereocenters. The van der Waals surface area contributed by atoms with Gasteiger partial charge in [0.05, 0.1) is 18.3 Å². The van der Waals surface area contributed by atoms with Crippen LogP contribution in [-0.4, -0.2) is 37.5 Å². The summed E-state index contributed by atoms with van der Waals surface area (Å²) in [6, 6.07) is 14.2. The van der Waals surface area contributed by atoms with E-state index < -0.39 is 10.0 Å². The molecule has 0 radical (unpaired) electrons. The zero-order valence-corrected chi connectivity index (χ0v) is 18.2. The molecule has 2 aliphatic rings. The standard InChI is InChI=1S/C23H29N3O3S/c1-2-30(28,29)26-14-13-20-18(16-26)9-6-11-21(20)24-15-23(27)25-22-12-5-8-17-7-3-4-10-19(17)22/h3-4,6-7,9-11,22,24H,2,5,8,12-16H2,1H3,(H,25,27). The van der Waals surface area contributed by atoms with Crippen molar-refractivity contribution in [3.63, 3.8) is 0 Å². The maximum absolute atomic E-state index is 12.6. The molecule has 2 aromatic carbocycles. The average molecular weight is 428 g/mol. The second-order valence-corrected chi connectivity index (χ2v) is 10.2. The van der Waals surface area contributed by atoms with Crippen LogP contribution >= 0.6 is 0 Å². The van der Waals surface area contributed by atoms with Crippen LogP contribution in [-0.2, 0) is 34.2 Å². The lowest BCUT2D eigenvalue weighted by atomic mass is 9.88. The number of rotatable bonds is 6. The second-order valence-electron chi connectivity index (χ2n) is 7.99. The van der Waals surface area contributed by atoms with Crippen molar-refractivity contribution in [2.75, 3.05) is 24.2 Å². The molecule has 0 fully saturated rings. The molecule has 2 aromatic rings. The predicted molar refractivity (Wildman–Crippen MR) is 119 cm³/mol. The SMILES string of the molecule is CCS(=O)(=O)N1CCc2c(cccc2NCC(=O)NC2CCCc3ccccc32)C1. The summed E-state index contributed by atoms with van der Waals surface area (Å²) in [6.45, 7) is 2.75. The number of hydrogen-bond acceptors (Lipinski definition) is 4. The van der Waals surface area contributed by atoms with Gasteiger partial charge in [0.15, 0.2) is 0 Å². The number of amides is 1. The third-order valence-electron chi connectivity index (χ3n) is 6.13. The zero-order chi connectivity index (χ0) is 21.1. The van der Waals surface area contributed by atoms with Gasteiger partial charge in [0.1, 0.15) is 0 Å². The molecule has 1 aliphatic carbocycles. The van der Waals surface area contributed by atoms with E-state index in [1.54, 1.807) is 11.2 Å². The molecule has 0 saturated carbocycles. The van der Waals surface area contributed by atoms with Crippen molar-refractivity contribution in [2.45, 2.75) is 45.2 Å². The molecule has 0 spiro atoms. The molecule has 2 N–H and O–H groups in total. The summed E-state index contributed by atoms with van der Waals surface area (Å²) in [5.41, 5.74) is 5.58. The van der Waals surface area contributed by atoms with E-state index in [9.17, 15) is 13.2 Å². The highest BCUT2D eigenvalue weighted by molar-refractivity contribution is 7.89.